The van der Waals surface area contributed by atoms with Crippen LogP contribution in [-0.2, 0) is 0 Å². The molecule has 5 nitrogen and oxygen atoms in total. The smallest absolute Gasteiger partial charge is 0.176 e. The fourth-order valence-corrected chi connectivity index (χ4v) is 4.36. The summed E-state index contributed by atoms with van der Waals surface area (Å²) in [5, 5.41) is 9.35. The zero-order valence-corrected chi connectivity index (χ0v) is 15.5. The Hall–Kier alpha value is -2.53. The summed E-state index contributed by atoms with van der Waals surface area (Å²) in [6, 6.07) is 14.2. The van der Waals surface area contributed by atoms with Gasteiger partial charge in [0, 0.05) is 18.7 Å². The third-order valence-electron chi connectivity index (χ3n) is 5.70. The number of ether oxygens (including phenoxy) is 2. The second-order valence-corrected chi connectivity index (χ2v) is 7.57. The molecule has 5 heteroatoms. The fourth-order valence-electron chi connectivity index (χ4n) is 4.36. The number of methoxy groups -OCH3 is 1. The number of carbonyl (C=O) groups is 1. The summed E-state index contributed by atoms with van der Waals surface area (Å²) in [7, 11) is 1.66. The van der Waals surface area contributed by atoms with Crippen LogP contribution in [0, 0.1) is 11.8 Å². The van der Waals surface area contributed by atoms with Gasteiger partial charge >= 0.3 is 0 Å². The van der Waals surface area contributed by atoms with Crippen molar-refractivity contribution in [3.8, 4) is 17.2 Å². The molecule has 1 aliphatic heterocycles. The summed E-state index contributed by atoms with van der Waals surface area (Å²) in [4.78, 5) is 14.7. The van der Waals surface area contributed by atoms with Crippen LogP contribution in [0.3, 0.4) is 0 Å². The van der Waals surface area contributed by atoms with Crippen molar-refractivity contribution >= 4 is 5.78 Å². The highest BCUT2D eigenvalue weighted by atomic mass is 16.5. The number of aromatic hydroxyl groups is 1. The summed E-state index contributed by atoms with van der Waals surface area (Å²) in [5.41, 5.74) is 0.658. The van der Waals surface area contributed by atoms with Crippen molar-refractivity contribution in [3.05, 3.63) is 54.1 Å². The van der Waals surface area contributed by atoms with Crippen LogP contribution in [0.4, 0.5) is 0 Å². The maximum absolute atomic E-state index is 12.4. The minimum absolute atomic E-state index is 0.112. The molecule has 0 spiro atoms. The molecular formula is C22H25NO4. The number of carbonyl (C=O) groups excluding carboxylic acids is 1. The Kier molecular flexibility index (Phi) is 5.03. The second kappa shape index (κ2) is 7.61. The Labute approximate surface area is 159 Å². The van der Waals surface area contributed by atoms with E-state index in [1.807, 2.05) is 24.3 Å². The first kappa shape index (κ1) is 17.9. The number of benzene rings is 2. The monoisotopic (exact) mass is 367 g/mol. The molecule has 4 rings (SSSR count). The zero-order chi connectivity index (χ0) is 18.8. The minimum atomic E-state index is 0.112. The number of ketones is 1. The van der Waals surface area contributed by atoms with Gasteiger partial charge in [0.05, 0.1) is 19.8 Å². The summed E-state index contributed by atoms with van der Waals surface area (Å²) < 4.78 is 11.3. The molecule has 142 valence electrons. The molecule has 1 heterocycles. The first-order valence-corrected chi connectivity index (χ1v) is 9.46. The number of phenols is 1. The molecule has 2 aliphatic rings. The molecule has 0 aromatic heterocycles. The molecule has 1 saturated heterocycles. The maximum Gasteiger partial charge on any atom is 0.176 e. The summed E-state index contributed by atoms with van der Waals surface area (Å²) in [6.07, 6.45) is 2.34. The van der Waals surface area contributed by atoms with Crippen LogP contribution < -0.4 is 9.47 Å². The summed E-state index contributed by atoms with van der Waals surface area (Å²) >= 11 is 0. The third-order valence-corrected chi connectivity index (χ3v) is 5.70. The third kappa shape index (κ3) is 4.08. The highest BCUT2D eigenvalue weighted by Crippen LogP contribution is 2.39. The van der Waals surface area contributed by atoms with Crippen LogP contribution in [0.1, 0.15) is 23.2 Å². The highest BCUT2D eigenvalue weighted by Gasteiger charge is 2.42. The zero-order valence-electron chi connectivity index (χ0n) is 15.5. The Balaban J connectivity index is 1.27. The molecule has 0 bridgehead atoms. The number of hydrogen-bond acceptors (Lipinski definition) is 5. The molecule has 27 heavy (non-hydrogen) atoms. The van der Waals surface area contributed by atoms with Crippen LogP contribution in [0.25, 0.3) is 0 Å². The standard InChI is InChI=1S/C22H25NO4/c1-26-19-6-8-20(9-7-19)27-21-10-16-12-23(13-17(16)11-21)14-22(25)15-2-4-18(24)5-3-15/h2-9,16-17,21,24H,10-14H2,1H3/t16-,17+,21-. The van der Waals surface area contributed by atoms with Gasteiger partial charge in [-0.2, -0.15) is 0 Å². The maximum atomic E-state index is 12.4. The van der Waals surface area contributed by atoms with Gasteiger partial charge in [-0.1, -0.05) is 0 Å². The number of phenolic OH excluding ortho intramolecular Hbond substituents is 1. The molecular weight excluding hydrogens is 342 g/mol. The molecule has 0 radical (unpaired) electrons. The molecule has 2 aromatic carbocycles. The number of rotatable bonds is 6. The minimum Gasteiger partial charge on any atom is -0.508 e. The van der Waals surface area contributed by atoms with Gasteiger partial charge in [-0.25, -0.2) is 0 Å². The lowest BCUT2D eigenvalue weighted by atomic mass is 10.0. The van der Waals surface area contributed by atoms with Crippen molar-refractivity contribution in [2.24, 2.45) is 11.8 Å². The van der Waals surface area contributed by atoms with Crippen molar-refractivity contribution in [1.29, 1.82) is 0 Å². The molecule has 0 unspecified atom stereocenters. The van der Waals surface area contributed by atoms with Gasteiger partial charge in [-0.15, -0.1) is 0 Å². The number of likely N-dealkylation sites (tertiary alicyclic amines) is 1. The van der Waals surface area contributed by atoms with Gasteiger partial charge in [0.2, 0.25) is 0 Å². The lowest BCUT2D eigenvalue weighted by molar-refractivity contribution is 0.0936. The molecule has 1 N–H and O–H groups in total. The summed E-state index contributed by atoms with van der Waals surface area (Å²) in [6.45, 7) is 2.36. The van der Waals surface area contributed by atoms with E-state index in [1.165, 1.54) is 0 Å². The van der Waals surface area contributed by atoms with Crippen molar-refractivity contribution in [2.75, 3.05) is 26.7 Å². The molecule has 2 aromatic rings. The van der Waals surface area contributed by atoms with Crippen LogP contribution >= 0.6 is 0 Å². The van der Waals surface area contributed by atoms with E-state index in [2.05, 4.69) is 4.90 Å². The van der Waals surface area contributed by atoms with Gasteiger partial charge in [-0.05, 0) is 73.2 Å². The Morgan fingerprint density at radius 2 is 1.59 bits per heavy atom. The normalized spacial score (nSPS) is 24.6. The predicted molar refractivity (Wildman–Crippen MR) is 103 cm³/mol. The molecule has 1 saturated carbocycles. The average Bonchev–Trinajstić information content (AvgIpc) is 3.20. The topological polar surface area (TPSA) is 59.0 Å². The van der Waals surface area contributed by atoms with E-state index in [4.69, 9.17) is 9.47 Å². The van der Waals surface area contributed by atoms with Gasteiger partial charge in [0.1, 0.15) is 17.2 Å². The van der Waals surface area contributed by atoms with Crippen molar-refractivity contribution in [1.82, 2.24) is 4.90 Å². The van der Waals surface area contributed by atoms with E-state index in [1.54, 1.807) is 31.4 Å². The van der Waals surface area contributed by atoms with Crippen LogP contribution in [0.2, 0.25) is 0 Å². The number of hydrogen-bond donors (Lipinski definition) is 1. The lowest BCUT2D eigenvalue weighted by Crippen LogP contribution is -2.30. The SMILES string of the molecule is COc1ccc(O[C@@H]2C[C@@H]3CN(CC(=O)c4ccc(O)cc4)C[C@@H]3C2)cc1. The van der Waals surface area contributed by atoms with Crippen LogP contribution in [0.15, 0.2) is 48.5 Å². The largest absolute Gasteiger partial charge is 0.508 e. The fraction of sp³-hybridized carbons (Fsp3) is 0.409. The van der Waals surface area contributed by atoms with E-state index in [-0.39, 0.29) is 17.6 Å². The van der Waals surface area contributed by atoms with E-state index < -0.39 is 0 Å². The second-order valence-electron chi connectivity index (χ2n) is 7.57. The first-order valence-electron chi connectivity index (χ1n) is 9.46. The van der Waals surface area contributed by atoms with E-state index >= 15 is 0 Å². The highest BCUT2D eigenvalue weighted by molar-refractivity contribution is 5.97. The van der Waals surface area contributed by atoms with E-state index in [0.29, 0.717) is 23.9 Å². The van der Waals surface area contributed by atoms with Gasteiger partial charge in [0.15, 0.2) is 5.78 Å². The number of fused-ring (bicyclic) bond motifs is 1. The molecule has 1 aliphatic carbocycles. The number of Topliss-reactive ketones (excluding diaryl/α,β-unsaturated/α-hetero) is 1. The molecule has 0 amide bonds. The van der Waals surface area contributed by atoms with E-state index in [0.717, 1.165) is 37.4 Å². The van der Waals surface area contributed by atoms with Gasteiger partial charge in [-0.3, -0.25) is 9.69 Å². The average molecular weight is 367 g/mol. The molecule has 2 fully saturated rings. The van der Waals surface area contributed by atoms with Crippen molar-refractivity contribution in [2.45, 2.75) is 18.9 Å². The summed E-state index contributed by atoms with van der Waals surface area (Å²) in [5.74, 6) is 3.22. The Morgan fingerprint density at radius 3 is 2.19 bits per heavy atom. The Bertz CT molecular complexity index is 773. The van der Waals surface area contributed by atoms with E-state index in [9.17, 15) is 9.90 Å². The number of nitrogens with zero attached hydrogens (tertiary/aromatic N) is 1. The van der Waals surface area contributed by atoms with Gasteiger partial charge < -0.3 is 14.6 Å². The molecule has 3 atom stereocenters. The lowest BCUT2D eigenvalue weighted by Gasteiger charge is -2.19. The van der Waals surface area contributed by atoms with Crippen molar-refractivity contribution < 1.29 is 19.4 Å². The van der Waals surface area contributed by atoms with Gasteiger partial charge in [0.25, 0.3) is 0 Å². The van der Waals surface area contributed by atoms with Crippen LogP contribution in [-0.4, -0.2) is 48.6 Å². The quantitative estimate of drug-likeness (QED) is 0.794. The predicted octanol–water partition coefficient (Wildman–Crippen LogP) is 3.37. The van der Waals surface area contributed by atoms with Crippen LogP contribution in [0.5, 0.6) is 17.2 Å². The van der Waals surface area contributed by atoms with Crippen molar-refractivity contribution in [3.63, 3.8) is 0 Å². The first-order chi connectivity index (χ1) is 13.1. The Morgan fingerprint density at radius 1 is 1.00 bits per heavy atom.